The van der Waals surface area contributed by atoms with E-state index in [0.717, 1.165) is 20.5 Å². The predicted octanol–water partition coefficient (Wildman–Crippen LogP) is 5.19. The molecule has 0 atom stereocenters. The van der Waals surface area contributed by atoms with Crippen LogP contribution >= 0.6 is 34.3 Å². The molecule has 27 heavy (non-hydrogen) atoms. The van der Waals surface area contributed by atoms with E-state index in [1.54, 1.807) is 34.8 Å². The van der Waals surface area contributed by atoms with Crippen LogP contribution in [-0.2, 0) is 16.0 Å². The first kappa shape index (κ1) is 19.5. The quantitative estimate of drug-likeness (QED) is 0.557. The van der Waals surface area contributed by atoms with Crippen LogP contribution in [0.1, 0.15) is 26.7 Å². The summed E-state index contributed by atoms with van der Waals surface area (Å²) in [4.78, 5) is 30.8. The number of anilines is 1. The zero-order valence-corrected chi connectivity index (χ0v) is 17.1. The number of amides is 1. The Hall–Kier alpha value is -2.22. The smallest absolute Gasteiger partial charge is 0.337 e. The number of nitrogens with one attached hydrogen (secondary N) is 1. The van der Waals surface area contributed by atoms with Crippen LogP contribution in [0.15, 0.2) is 35.7 Å². The van der Waals surface area contributed by atoms with Gasteiger partial charge >= 0.3 is 5.97 Å². The van der Waals surface area contributed by atoms with Crippen molar-refractivity contribution in [1.82, 2.24) is 4.98 Å². The summed E-state index contributed by atoms with van der Waals surface area (Å²) in [5, 5.41) is 6.12. The molecular weight excluding hydrogens is 404 g/mol. The summed E-state index contributed by atoms with van der Waals surface area (Å²) < 4.78 is 4.69. The minimum Gasteiger partial charge on any atom is -0.465 e. The maximum Gasteiger partial charge on any atom is 0.337 e. The van der Waals surface area contributed by atoms with Crippen LogP contribution < -0.4 is 5.32 Å². The second-order valence-electron chi connectivity index (χ2n) is 5.72. The largest absolute Gasteiger partial charge is 0.465 e. The number of halogens is 1. The minimum atomic E-state index is -0.483. The molecule has 2 heterocycles. The summed E-state index contributed by atoms with van der Waals surface area (Å²) in [7, 11) is 1.30. The van der Waals surface area contributed by atoms with Crippen molar-refractivity contribution >= 4 is 51.8 Å². The number of ether oxygens (including phenoxy) is 1. The number of carbonyl (C=O) groups excluding carboxylic acids is 2. The van der Waals surface area contributed by atoms with Gasteiger partial charge in [-0.3, -0.25) is 4.79 Å². The Morgan fingerprint density at radius 3 is 2.81 bits per heavy atom. The molecule has 0 radical (unpaired) electrons. The van der Waals surface area contributed by atoms with Crippen LogP contribution in [0, 0.1) is 6.92 Å². The van der Waals surface area contributed by atoms with Gasteiger partial charge in [-0.15, -0.1) is 22.7 Å². The van der Waals surface area contributed by atoms with Crippen molar-refractivity contribution < 1.29 is 14.3 Å². The molecule has 0 spiro atoms. The zero-order chi connectivity index (χ0) is 19.4. The number of rotatable bonds is 6. The molecule has 0 saturated carbocycles. The number of carbonyl (C=O) groups is 2. The van der Waals surface area contributed by atoms with Crippen LogP contribution in [0.3, 0.4) is 0 Å². The van der Waals surface area contributed by atoms with E-state index in [1.165, 1.54) is 13.2 Å². The number of esters is 1. The first-order chi connectivity index (χ1) is 13.0. The van der Waals surface area contributed by atoms with Gasteiger partial charge in [-0.25, -0.2) is 9.78 Å². The minimum absolute atomic E-state index is 0.179. The van der Waals surface area contributed by atoms with Crippen molar-refractivity contribution in [3.8, 4) is 10.6 Å². The number of aromatic nitrogens is 1. The van der Waals surface area contributed by atoms with E-state index in [2.05, 4.69) is 10.3 Å². The second kappa shape index (κ2) is 8.65. The van der Waals surface area contributed by atoms with Gasteiger partial charge in [-0.2, -0.15) is 0 Å². The third-order valence-corrected chi connectivity index (χ3v) is 6.04. The zero-order valence-electron chi connectivity index (χ0n) is 14.7. The molecule has 2 aromatic heterocycles. The van der Waals surface area contributed by atoms with Crippen LogP contribution in [0.2, 0.25) is 5.02 Å². The average molecular weight is 421 g/mol. The Kier molecular flexibility index (Phi) is 6.26. The number of hydrogen-bond acceptors (Lipinski definition) is 6. The number of nitrogens with zero attached hydrogens (tertiary/aromatic N) is 1. The molecule has 3 rings (SSSR count). The summed E-state index contributed by atoms with van der Waals surface area (Å²) in [6, 6.07) is 8.64. The van der Waals surface area contributed by atoms with Gasteiger partial charge < -0.3 is 10.1 Å². The first-order valence-corrected chi connectivity index (χ1v) is 10.2. The van der Waals surface area contributed by atoms with Crippen molar-refractivity contribution in [2.75, 3.05) is 12.4 Å². The Morgan fingerprint density at radius 2 is 2.11 bits per heavy atom. The first-order valence-electron chi connectivity index (χ1n) is 8.16. The number of hydrogen-bond donors (Lipinski definition) is 1. The number of benzene rings is 1. The average Bonchev–Trinajstić information content (AvgIpc) is 3.30. The number of thiophene rings is 1. The number of aryl methyl sites for hydroxylation is 2. The maximum absolute atomic E-state index is 12.4. The summed E-state index contributed by atoms with van der Waals surface area (Å²) in [5.74, 6) is -0.662. The lowest BCUT2D eigenvalue weighted by Crippen LogP contribution is -2.13. The van der Waals surface area contributed by atoms with Gasteiger partial charge in [0.15, 0.2) is 0 Å². The standard InChI is InChI=1S/C19H17ClN2O3S2/c1-11-21-18(15-4-3-9-26-15)16(27-11)7-8-17(23)22-14-10-12(19(24)25-2)5-6-13(14)20/h3-6,9-10H,7-8H2,1-2H3,(H,22,23). The van der Waals surface area contributed by atoms with Crippen molar-refractivity contribution in [2.45, 2.75) is 19.8 Å². The van der Waals surface area contributed by atoms with E-state index >= 15 is 0 Å². The second-order valence-corrected chi connectivity index (χ2v) is 8.36. The number of thiazole rings is 1. The van der Waals surface area contributed by atoms with Crippen LogP contribution in [0.4, 0.5) is 5.69 Å². The van der Waals surface area contributed by atoms with E-state index in [0.29, 0.717) is 29.1 Å². The molecule has 1 N–H and O–H groups in total. The summed E-state index contributed by atoms with van der Waals surface area (Å²) in [6.45, 7) is 1.96. The highest BCUT2D eigenvalue weighted by molar-refractivity contribution is 7.15. The molecule has 5 nitrogen and oxygen atoms in total. The van der Waals surface area contributed by atoms with Crippen LogP contribution in [-0.4, -0.2) is 24.0 Å². The summed E-state index contributed by atoms with van der Waals surface area (Å²) in [5.41, 5.74) is 1.67. The lowest BCUT2D eigenvalue weighted by atomic mass is 10.1. The highest BCUT2D eigenvalue weighted by Gasteiger charge is 2.15. The van der Waals surface area contributed by atoms with Gasteiger partial charge in [0.25, 0.3) is 0 Å². The molecule has 8 heteroatoms. The molecule has 140 valence electrons. The van der Waals surface area contributed by atoms with Crippen molar-refractivity contribution in [2.24, 2.45) is 0 Å². The predicted molar refractivity (Wildman–Crippen MR) is 110 cm³/mol. The Morgan fingerprint density at radius 1 is 1.30 bits per heavy atom. The topological polar surface area (TPSA) is 68.3 Å². The van der Waals surface area contributed by atoms with E-state index in [1.807, 2.05) is 24.4 Å². The molecule has 1 aromatic carbocycles. The van der Waals surface area contributed by atoms with Gasteiger partial charge in [0, 0.05) is 11.3 Å². The highest BCUT2D eigenvalue weighted by atomic mass is 35.5. The van der Waals surface area contributed by atoms with Crippen molar-refractivity contribution in [1.29, 1.82) is 0 Å². The van der Waals surface area contributed by atoms with E-state index in [-0.39, 0.29) is 5.91 Å². The number of methoxy groups -OCH3 is 1. The van der Waals surface area contributed by atoms with Gasteiger partial charge in [-0.05, 0) is 43.0 Å². The van der Waals surface area contributed by atoms with Crippen molar-refractivity contribution in [3.05, 3.63) is 56.2 Å². The molecule has 0 fully saturated rings. The molecule has 3 aromatic rings. The maximum atomic E-state index is 12.4. The van der Waals surface area contributed by atoms with Gasteiger partial charge in [0.05, 0.1) is 39.0 Å². The fourth-order valence-corrected chi connectivity index (χ4v) is 4.47. The monoisotopic (exact) mass is 420 g/mol. The Labute approximate surface area is 170 Å². The lowest BCUT2D eigenvalue weighted by Gasteiger charge is -2.09. The summed E-state index contributed by atoms with van der Waals surface area (Å²) >= 11 is 9.36. The molecule has 0 saturated heterocycles. The fraction of sp³-hybridized carbons (Fsp3) is 0.211. The van der Waals surface area contributed by atoms with Crippen LogP contribution in [0.5, 0.6) is 0 Å². The third-order valence-electron chi connectivity index (χ3n) is 3.80. The molecule has 0 unspecified atom stereocenters. The molecule has 0 bridgehead atoms. The van der Waals surface area contributed by atoms with Gasteiger partial charge in [0.1, 0.15) is 0 Å². The lowest BCUT2D eigenvalue weighted by molar-refractivity contribution is -0.116. The molecule has 1 amide bonds. The van der Waals surface area contributed by atoms with E-state index < -0.39 is 5.97 Å². The van der Waals surface area contributed by atoms with Gasteiger partial charge in [-0.1, -0.05) is 17.7 Å². The van der Waals surface area contributed by atoms with E-state index in [4.69, 9.17) is 16.3 Å². The Balaban J connectivity index is 1.69. The van der Waals surface area contributed by atoms with Crippen molar-refractivity contribution in [3.63, 3.8) is 0 Å². The normalized spacial score (nSPS) is 10.6. The molecular formula is C19H17ClN2O3S2. The molecule has 0 aliphatic rings. The van der Waals surface area contributed by atoms with E-state index in [9.17, 15) is 9.59 Å². The molecule has 0 aliphatic heterocycles. The SMILES string of the molecule is COC(=O)c1ccc(Cl)c(NC(=O)CCc2sc(C)nc2-c2cccs2)c1. The Bertz CT molecular complexity index is 968. The molecule has 0 aliphatic carbocycles. The van der Waals surface area contributed by atoms with Crippen LogP contribution in [0.25, 0.3) is 10.6 Å². The summed E-state index contributed by atoms with van der Waals surface area (Å²) in [6.07, 6.45) is 0.873. The highest BCUT2D eigenvalue weighted by Crippen LogP contribution is 2.32. The third kappa shape index (κ3) is 4.74. The fourth-order valence-electron chi connectivity index (χ4n) is 2.55. The van der Waals surface area contributed by atoms with Gasteiger partial charge in [0.2, 0.25) is 5.91 Å².